The molecule has 5 heteroatoms. The predicted molar refractivity (Wildman–Crippen MR) is 83.5 cm³/mol. The molecular formula is C17H27NO4. The van der Waals surface area contributed by atoms with E-state index in [1.165, 1.54) is 5.57 Å². The van der Waals surface area contributed by atoms with Crippen LogP contribution in [0.1, 0.15) is 53.4 Å². The van der Waals surface area contributed by atoms with Crippen LogP contribution < -0.4 is 5.32 Å². The molecule has 1 fully saturated rings. The molecule has 5 nitrogen and oxygen atoms in total. The number of fused-ring (bicyclic) bond motifs is 1. The SMILES string of the molecule is CCC1=C[C@@H]2[C@@H](C1)C[C@]2(CNC(=O)OC(C)(C)C)CC(=O)O. The lowest BCUT2D eigenvalue weighted by Gasteiger charge is -2.51. The molecule has 124 valence electrons. The monoisotopic (exact) mass is 309 g/mol. The van der Waals surface area contributed by atoms with E-state index in [2.05, 4.69) is 18.3 Å². The smallest absolute Gasteiger partial charge is 0.407 e. The lowest BCUT2D eigenvalue weighted by atomic mass is 9.53. The highest BCUT2D eigenvalue weighted by atomic mass is 16.6. The number of carboxylic acid groups (broad SMARTS) is 1. The van der Waals surface area contributed by atoms with E-state index in [-0.39, 0.29) is 17.8 Å². The van der Waals surface area contributed by atoms with Crippen molar-refractivity contribution in [3.63, 3.8) is 0 Å². The van der Waals surface area contributed by atoms with Crippen molar-refractivity contribution in [2.45, 2.75) is 59.0 Å². The standard InChI is InChI=1S/C17H27NO4/c1-5-11-6-12-8-17(9-14(19)20,13(12)7-11)10-18-15(21)22-16(2,3)4/h7,12-13H,5-6,8-10H2,1-4H3,(H,18,21)(H,19,20)/t12-,13+,17+/m0/s1. The summed E-state index contributed by atoms with van der Waals surface area (Å²) in [6, 6.07) is 0. The van der Waals surface area contributed by atoms with Gasteiger partial charge >= 0.3 is 12.1 Å². The van der Waals surface area contributed by atoms with Crippen molar-refractivity contribution in [2.24, 2.45) is 17.3 Å². The molecule has 22 heavy (non-hydrogen) atoms. The minimum atomic E-state index is -0.803. The Balaban J connectivity index is 2.01. The van der Waals surface area contributed by atoms with E-state index in [1.54, 1.807) is 0 Å². The molecule has 0 saturated heterocycles. The Kier molecular flexibility index (Phi) is 4.54. The van der Waals surface area contributed by atoms with Gasteiger partial charge < -0.3 is 15.2 Å². The van der Waals surface area contributed by atoms with Gasteiger partial charge in [0.05, 0.1) is 6.42 Å². The van der Waals surface area contributed by atoms with Gasteiger partial charge in [0.1, 0.15) is 5.60 Å². The molecule has 0 aliphatic heterocycles. The molecule has 2 rings (SSSR count). The fourth-order valence-electron chi connectivity index (χ4n) is 3.86. The molecule has 0 heterocycles. The lowest BCUT2D eigenvalue weighted by molar-refractivity contribution is -0.144. The Hall–Kier alpha value is -1.52. The first-order valence-electron chi connectivity index (χ1n) is 8.03. The first kappa shape index (κ1) is 16.8. The van der Waals surface area contributed by atoms with Crippen LogP contribution in [0.25, 0.3) is 0 Å². The van der Waals surface area contributed by atoms with Crippen molar-refractivity contribution in [3.8, 4) is 0 Å². The fourth-order valence-corrected chi connectivity index (χ4v) is 3.86. The lowest BCUT2D eigenvalue weighted by Crippen LogP contribution is -2.53. The van der Waals surface area contributed by atoms with Crippen LogP contribution in [-0.4, -0.2) is 29.3 Å². The maximum atomic E-state index is 11.8. The molecule has 2 aliphatic carbocycles. The van der Waals surface area contributed by atoms with E-state index >= 15 is 0 Å². The van der Waals surface area contributed by atoms with Crippen LogP contribution in [0.2, 0.25) is 0 Å². The fraction of sp³-hybridized carbons (Fsp3) is 0.765. The normalized spacial score (nSPS) is 30.1. The Morgan fingerprint density at radius 2 is 2.14 bits per heavy atom. The van der Waals surface area contributed by atoms with Gasteiger partial charge in [-0.15, -0.1) is 0 Å². The third-order valence-electron chi connectivity index (χ3n) is 4.76. The number of hydrogen-bond acceptors (Lipinski definition) is 3. The largest absolute Gasteiger partial charge is 0.481 e. The summed E-state index contributed by atoms with van der Waals surface area (Å²) in [6.07, 6.45) is 4.83. The molecule has 3 atom stereocenters. The third-order valence-corrected chi connectivity index (χ3v) is 4.76. The van der Waals surface area contributed by atoms with Gasteiger partial charge in [0.2, 0.25) is 0 Å². The van der Waals surface area contributed by atoms with Crippen molar-refractivity contribution in [2.75, 3.05) is 6.54 Å². The number of carbonyl (C=O) groups excluding carboxylic acids is 1. The molecule has 0 radical (unpaired) electrons. The molecule has 0 aromatic heterocycles. The van der Waals surface area contributed by atoms with E-state index in [0.29, 0.717) is 12.5 Å². The van der Waals surface area contributed by atoms with Crippen molar-refractivity contribution < 1.29 is 19.4 Å². The van der Waals surface area contributed by atoms with Crippen LogP contribution in [0, 0.1) is 17.3 Å². The van der Waals surface area contributed by atoms with Gasteiger partial charge in [-0.2, -0.15) is 0 Å². The molecule has 2 aliphatic rings. The second-order valence-corrected chi connectivity index (χ2v) is 7.66. The number of alkyl carbamates (subject to hydrolysis) is 1. The summed E-state index contributed by atoms with van der Waals surface area (Å²) in [5.74, 6) is 0.0195. The number of ether oxygens (including phenoxy) is 1. The highest BCUT2D eigenvalue weighted by Crippen LogP contribution is 2.59. The quantitative estimate of drug-likeness (QED) is 0.764. The number of allylic oxidation sites excluding steroid dienone is 2. The Bertz CT molecular complexity index is 491. The van der Waals surface area contributed by atoms with Crippen molar-refractivity contribution >= 4 is 12.1 Å². The topological polar surface area (TPSA) is 75.6 Å². The van der Waals surface area contributed by atoms with E-state index < -0.39 is 17.7 Å². The zero-order chi connectivity index (χ0) is 16.5. The first-order chi connectivity index (χ1) is 10.1. The van der Waals surface area contributed by atoms with Crippen LogP contribution in [0.5, 0.6) is 0 Å². The van der Waals surface area contributed by atoms with Gasteiger partial charge in [-0.25, -0.2) is 4.79 Å². The van der Waals surface area contributed by atoms with Gasteiger partial charge in [0, 0.05) is 12.0 Å². The van der Waals surface area contributed by atoms with E-state index in [0.717, 1.165) is 19.3 Å². The molecule has 1 amide bonds. The number of carboxylic acids is 1. The number of rotatable bonds is 5. The van der Waals surface area contributed by atoms with Crippen LogP contribution in [0.4, 0.5) is 4.79 Å². The highest BCUT2D eigenvalue weighted by molar-refractivity contribution is 5.70. The second kappa shape index (κ2) is 5.94. The molecule has 0 spiro atoms. The van der Waals surface area contributed by atoms with E-state index in [4.69, 9.17) is 4.74 Å². The number of amides is 1. The van der Waals surface area contributed by atoms with Crippen molar-refractivity contribution in [1.82, 2.24) is 5.32 Å². The summed E-state index contributed by atoms with van der Waals surface area (Å²) < 4.78 is 5.25. The summed E-state index contributed by atoms with van der Waals surface area (Å²) in [5.41, 5.74) is 0.513. The summed E-state index contributed by atoms with van der Waals surface area (Å²) in [6.45, 7) is 7.93. The summed E-state index contributed by atoms with van der Waals surface area (Å²) >= 11 is 0. The second-order valence-electron chi connectivity index (χ2n) is 7.66. The maximum Gasteiger partial charge on any atom is 0.407 e. The minimum absolute atomic E-state index is 0.0947. The van der Waals surface area contributed by atoms with Gasteiger partial charge in [0.15, 0.2) is 0 Å². The maximum absolute atomic E-state index is 11.8. The third kappa shape index (κ3) is 3.62. The number of hydrogen-bond donors (Lipinski definition) is 2. The summed E-state index contributed by atoms with van der Waals surface area (Å²) in [5, 5.41) is 12.0. The minimum Gasteiger partial charge on any atom is -0.481 e. The van der Waals surface area contributed by atoms with Crippen LogP contribution in [0.15, 0.2) is 11.6 Å². The van der Waals surface area contributed by atoms with Crippen LogP contribution >= 0.6 is 0 Å². The average Bonchev–Trinajstić information content (AvgIpc) is 2.70. The Morgan fingerprint density at radius 3 is 2.68 bits per heavy atom. The van der Waals surface area contributed by atoms with Crippen molar-refractivity contribution in [1.29, 1.82) is 0 Å². The van der Waals surface area contributed by atoms with Gasteiger partial charge in [-0.1, -0.05) is 18.6 Å². The van der Waals surface area contributed by atoms with Gasteiger partial charge in [-0.05, 0) is 51.9 Å². The molecule has 2 N–H and O–H groups in total. The first-order valence-corrected chi connectivity index (χ1v) is 8.03. The van der Waals surface area contributed by atoms with Crippen LogP contribution in [-0.2, 0) is 9.53 Å². The molecule has 0 bridgehead atoms. The van der Waals surface area contributed by atoms with E-state index in [9.17, 15) is 14.7 Å². The molecular weight excluding hydrogens is 282 g/mol. The number of nitrogens with one attached hydrogen (secondary N) is 1. The molecule has 0 unspecified atom stereocenters. The Morgan fingerprint density at radius 1 is 1.45 bits per heavy atom. The summed E-state index contributed by atoms with van der Waals surface area (Å²) in [4.78, 5) is 23.1. The zero-order valence-electron chi connectivity index (χ0n) is 13.9. The molecule has 0 aromatic rings. The number of aliphatic carboxylic acids is 1. The zero-order valence-corrected chi connectivity index (χ0v) is 13.9. The molecule has 1 saturated carbocycles. The number of carbonyl (C=O) groups is 2. The van der Waals surface area contributed by atoms with Crippen molar-refractivity contribution in [3.05, 3.63) is 11.6 Å². The predicted octanol–water partition coefficient (Wildman–Crippen LogP) is 3.35. The summed E-state index contributed by atoms with van der Waals surface area (Å²) in [7, 11) is 0. The Labute approximate surface area is 132 Å². The van der Waals surface area contributed by atoms with Gasteiger partial charge in [0.25, 0.3) is 0 Å². The molecule has 0 aromatic carbocycles. The average molecular weight is 309 g/mol. The van der Waals surface area contributed by atoms with E-state index in [1.807, 2.05) is 20.8 Å². The van der Waals surface area contributed by atoms with Crippen LogP contribution in [0.3, 0.4) is 0 Å². The van der Waals surface area contributed by atoms with Gasteiger partial charge in [-0.3, -0.25) is 4.79 Å². The highest BCUT2D eigenvalue weighted by Gasteiger charge is 2.55.